The van der Waals surface area contributed by atoms with E-state index in [0.29, 0.717) is 24.9 Å². The molecule has 0 aromatic heterocycles. The maximum atomic E-state index is 13.3. The van der Waals surface area contributed by atoms with Crippen molar-refractivity contribution in [2.75, 3.05) is 13.1 Å². The molecule has 2 aromatic carbocycles. The molecule has 1 atom stereocenters. The maximum absolute atomic E-state index is 13.3. The van der Waals surface area contributed by atoms with E-state index in [4.69, 9.17) is 0 Å². The third kappa shape index (κ3) is 6.23. The fourth-order valence-corrected chi connectivity index (χ4v) is 5.09. The Bertz CT molecular complexity index is 1140. The average Bonchev–Trinajstić information content (AvgIpc) is 3.05. The van der Waals surface area contributed by atoms with E-state index in [-0.39, 0.29) is 35.5 Å². The summed E-state index contributed by atoms with van der Waals surface area (Å²) in [5, 5.41) is 5.34. The molecular weight excluding hydrogens is 452 g/mol. The number of benzene rings is 2. The van der Waals surface area contributed by atoms with Gasteiger partial charge in [-0.15, -0.1) is 0 Å². The lowest BCUT2D eigenvalue weighted by atomic mass is 10.1. The van der Waals surface area contributed by atoms with Crippen molar-refractivity contribution in [3.63, 3.8) is 0 Å². The molecule has 1 aliphatic heterocycles. The number of hydrogen-bond donors (Lipinski definition) is 2. The van der Waals surface area contributed by atoms with E-state index in [9.17, 15) is 26.8 Å². The van der Waals surface area contributed by atoms with Gasteiger partial charge < -0.3 is 10.6 Å². The second kappa shape index (κ2) is 10.7. The van der Waals surface area contributed by atoms with Gasteiger partial charge in [0, 0.05) is 31.2 Å². The highest BCUT2D eigenvalue weighted by atomic mass is 32.2. The molecule has 2 N–H and O–H groups in total. The van der Waals surface area contributed by atoms with Crippen LogP contribution in [0.4, 0.5) is 8.78 Å². The highest BCUT2D eigenvalue weighted by Crippen LogP contribution is 2.21. The summed E-state index contributed by atoms with van der Waals surface area (Å²) in [6, 6.07) is 8.51. The molecular formula is C23H25F2N3O4S. The van der Waals surface area contributed by atoms with Gasteiger partial charge >= 0.3 is 0 Å². The Labute approximate surface area is 191 Å². The minimum atomic E-state index is -3.82. The highest BCUT2D eigenvalue weighted by Gasteiger charge is 2.29. The Kier molecular flexibility index (Phi) is 7.93. The summed E-state index contributed by atoms with van der Waals surface area (Å²) < 4.78 is 53.9. The third-order valence-corrected chi connectivity index (χ3v) is 7.24. The van der Waals surface area contributed by atoms with Crippen molar-refractivity contribution < 1.29 is 26.8 Å². The number of amides is 2. The first-order valence-electron chi connectivity index (χ1n) is 10.5. The van der Waals surface area contributed by atoms with E-state index in [2.05, 4.69) is 17.2 Å². The summed E-state index contributed by atoms with van der Waals surface area (Å²) in [6.07, 6.45) is 3.28. The summed E-state index contributed by atoms with van der Waals surface area (Å²) in [5.41, 5.74) is 0.615. The van der Waals surface area contributed by atoms with E-state index < -0.39 is 27.6 Å². The molecule has 2 amide bonds. The van der Waals surface area contributed by atoms with Crippen LogP contribution in [0.15, 0.2) is 60.0 Å². The molecule has 176 valence electrons. The van der Waals surface area contributed by atoms with Crippen molar-refractivity contribution in [1.82, 2.24) is 14.9 Å². The third-order valence-electron chi connectivity index (χ3n) is 5.36. The van der Waals surface area contributed by atoms with E-state index in [1.165, 1.54) is 34.6 Å². The van der Waals surface area contributed by atoms with Crippen LogP contribution in [0.3, 0.4) is 0 Å². The van der Waals surface area contributed by atoms with E-state index in [1.807, 2.05) is 0 Å². The Hall–Kier alpha value is -3.11. The quantitative estimate of drug-likeness (QED) is 0.600. The zero-order valence-corrected chi connectivity index (χ0v) is 18.7. The largest absolute Gasteiger partial charge is 0.349 e. The van der Waals surface area contributed by atoms with Gasteiger partial charge in [-0.25, -0.2) is 17.2 Å². The first kappa shape index (κ1) is 24.5. The maximum Gasteiger partial charge on any atom is 0.251 e. The van der Waals surface area contributed by atoms with Gasteiger partial charge in [0.2, 0.25) is 15.9 Å². The van der Waals surface area contributed by atoms with E-state index in [0.717, 1.165) is 24.6 Å². The van der Waals surface area contributed by atoms with Crippen LogP contribution in [0.2, 0.25) is 0 Å². The Balaban J connectivity index is 1.67. The fourth-order valence-electron chi connectivity index (χ4n) is 3.56. The van der Waals surface area contributed by atoms with Gasteiger partial charge in [-0.3, -0.25) is 9.59 Å². The molecule has 3 rings (SSSR count). The molecule has 7 nitrogen and oxygen atoms in total. The van der Waals surface area contributed by atoms with Crippen LogP contribution in [0.25, 0.3) is 0 Å². The SMILES string of the molecule is C=CC(=O)NC1CCCCN(S(=O)(=O)c2ccc(C(=O)NCc3ccc(F)c(F)c3)cc2)C1. The topological polar surface area (TPSA) is 95.6 Å². The van der Waals surface area contributed by atoms with Crippen molar-refractivity contribution >= 4 is 21.8 Å². The average molecular weight is 478 g/mol. The smallest absolute Gasteiger partial charge is 0.251 e. The molecule has 0 bridgehead atoms. The van der Waals surface area contributed by atoms with Crippen LogP contribution in [0, 0.1) is 11.6 Å². The molecule has 1 heterocycles. The predicted molar refractivity (Wildman–Crippen MR) is 119 cm³/mol. The van der Waals surface area contributed by atoms with Gasteiger partial charge in [-0.2, -0.15) is 4.31 Å². The lowest BCUT2D eigenvalue weighted by Gasteiger charge is -2.24. The lowest BCUT2D eigenvalue weighted by Crippen LogP contribution is -2.44. The molecule has 2 aromatic rings. The first-order chi connectivity index (χ1) is 15.7. The van der Waals surface area contributed by atoms with Crippen molar-refractivity contribution in [1.29, 1.82) is 0 Å². The summed E-state index contributed by atoms with van der Waals surface area (Å²) in [5.74, 6) is -2.81. The number of nitrogens with one attached hydrogen (secondary N) is 2. The molecule has 33 heavy (non-hydrogen) atoms. The van der Waals surface area contributed by atoms with Crippen LogP contribution in [-0.4, -0.2) is 43.7 Å². The summed E-state index contributed by atoms with van der Waals surface area (Å²) in [7, 11) is -3.82. The van der Waals surface area contributed by atoms with Gasteiger partial charge in [-0.1, -0.05) is 19.1 Å². The Morgan fingerprint density at radius 1 is 1.09 bits per heavy atom. The van der Waals surface area contributed by atoms with Crippen molar-refractivity contribution in [3.05, 3.63) is 77.9 Å². The molecule has 0 saturated carbocycles. The highest BCUT2D eigenvalue weighted by molar-refractivity contribution is 7.89. The number of sulfonamides is 1. The second-order valence-electron chi connectivity index (χ2n) is 7.72. The monoisotopic (exact) mass is 477 g/mol. The van der Waals surface area contributed by atoms with E-state index >= 15 is 0 Å². The Morgan fingerprint density at radius 2 is 1.82 bits per heavy atom. The molecule has 0 radical (unpaired) electrons. The Morgan fingerprint density at radius 3 is 2.48 bits per heavy atom. The molecule has 0 spiro atoms. The predicted octanol–water partition coefficient (Wildman–Crippen LogP) is 2.74. The van der Waals surface area contributed by atoms with Gasteiger partial charge in [0.05, 0.1) is 4.90 Å². The number of nitrogens with zero attached hydrogens (tertiary/aromatic N) is 1. The molecule has 10 heteroatoms. The molecule has 1 saturated heterocycles. The van der Waals surface area contributed by atoms with Crippen molar-refractivity contribution in [2.45, 2.75) is 36.7 Å². The lowest BCUT2D eigenvalue weighted by molar-refractivity contribution is -0.117. The standard InChI is InChI=1S/C23H25F2N3O4S/c1-2-22(29)27-18-5-3-4-12-28(15-18)33(31,32)19-9-7-17(8-10-19)23(30)26-14-16-6-11-20(24)21(25)13-16/h2,6-11,13,18H,1,3-5,12,14-15H2,(H,26,30)(H,27,29). The summed E-state index contributed by atoms with van der Waals surface area (Å²) in [6.45, 7) is 3.89. The van der Waals surface area contributed by atoms with Crippen LogP contribution in [0.5, 0.6) is 0 Å². The van der Waals surface area contributed by atoms with Crippen LogP contribution >= 0.6 is 0 Å². The number of carbonyl (C=O) groups excluding carboxylic acids is 2. The second-order valence-corrected chi connectivity index (χ2v) is 9.66. The van der Waals surface area contributed by atoms with Crippen molar-refractivity contribution in [2.24, 2.45) is 0 Å². The summed E-state index contributed by atoms with van der Waals surface area (Å²) in [4.78, 5) is 24.0. The van der Waals surface area contributed by atoms with Crippen molar-refractivity contribution in [3.8, 4) is 0 Å². The van der Waals surface area contributed by atoms with Gasteiger partial charge in [-0.05, 0) is 60.9 Å². The fraction of sp³-hybridized carbons (Fsp3) is 0.304. The number of hydrogen-bond acceptors (Lipinski definition) is 4. The summed E-state index contributed by atoms with van der Waals surface area (Å²) >= 11 is 0. The minimum Gasteiger partial charge on any atom is -0.349 e. The zero-order valence-electron chi connectivity index (χ0n) is 17.9. The minimum absolute atomic E-state index is 0.0122. The van der Waals surface area contributed by atoms with Crippen LogP contribution < -0.4 is 10.6 Å². The van der Waals surface area contributed by atoms with Gasteiger partial charge in [0.1, 0.15) is 0 Å². The van der Waals surface area contributed by atoms with Crippen LogP contribution in [-0.2, 0) is 21.4 Å². The van der Waals surface area contributed by atoms with E-state index in [1.54, 1.807) is 0 Å². The molecule has 1 unspecified atom stereocenters. The van der Waals surface area contributed by atoms with Gasteiger partial charge in [0.25, 0.3) is 5.91 Å². The first-order valence-corrected chi connectivity index (χ1v) is 11.9. The number of rotatable bonds is 7. The van der Waals surface area contributed by atoms with Crippen LogP contribution in [0.1, 0.15) is 35.2 Å². The molecule has 1 aliphatic rings. The zero-order chi connectivity index (χ0) is 24.0. The molecule has 1 fully saturated rings. The number of halogens is 2. The molecule has 0 aliphatic carbocycles. The number of carbonyl (C=O) groups is 2. The van der Waals surface area contributed by atoms with Gasteiger partial charge in [0.15, 0.2) is 11.6 Å². The normalized spacial score (nSPS) is 17.1.